The smallest absolute Gasteiger partial charge is 0.313 e. The Bertz CT molecular complexity index is 1500. The van der Waals surface area contributed by atoms with Crippen molar-refractivity contribution in [2.75, 3.05) is 21.3 Å². The van der Waals surface area contributed by atoms with Gasteiger partial charge in [0.05, 0.1) is 27.2 Å². The summed E-state index contributed by atoms with van der Waals surface area (Å²) in [5.41, 5.74) is 0.950. The van der Waals surface area contributed by atoms with Gasteiger partial charge >= 0.3 is 5.97 Å². The number of rotatable bonds is 11. The highest BCUT2D eigenvalue weighted by molar-refractivity contribution is 6.00. The van der Waals surface area contributed by atoms with Gasteiger partial charge in [-0.25, -0.2) is 13.8 Å². The number of pyridine rings is 1. The van der Waals surface area contributed by atoms with E-state index in [4.69, 9.17) is 18.9 Å². The van der Waals surface area contributed by atoms with Crippen LogP contribution in [0.3, 0.4) is 0 Å². The number of allylic oxidation sites excluding steroid dienone is 1. The standard InChI is InChI=1S/C31H33F2N3O7/c1-16(2)31(39)43-28-25(42-7)12-13-34-27(28)30(38)36-18(4)29(37)35-17(3)26(19-8-10-23(40-5)21(32)14-19)20-9-11-24(41-6)22(33)15-20/h8-16,18H,1-7H3,(H,35,37)(H,36,38)/t18-/m0/s1. The Hall–Kier alpha value is -5.00. The molecule has 3 rings (SSSR count). The van der Waals surface area contributed by atoms with Crippen LogP contribution in [0.1, 0.15) is 49.3 Å². The first-order valence-electron chi connectivity index (χ1n) is 13.2. The number of hydrogen-bond donors (Lipinski definition) is 2. The molecule has 1 aromatic heterocycles. The Morgan fingerprint density at radius 2 is 1.35 bits per heavy atom. The van der Waals surface area contributed by atoms with E-state index in [9.17, 15) is 23.2 Å². The molecule has 0 radical (unpaired) electrons. The first-order chi connectivity index (χ1) is 20.4. The highest BCUT2D eigenvalue weighted by atomic mass is 19.1. The van der Waals surface area contributed by atoms with Crippen LogP contribution in [-0.4, -0.2) is 50.1 Å². The molecule has 1 heterocycles. The van der Waals surface area contributed by atoms with Gasteiger partial charge in [0.15, 0.2) is 34.6 Å². The van der Waals surface area contributed by atoms with E-state index in [1.165, 1.54) is 64.8 Å². The fourth-order valence-corrected chi connectivity index (χ4v) is 4.00. The summed E-state index contributed by atoms with van der Waals surface area (Å²) in [7, 11) is 4.00. The van der Waals surface area contributed by atoms with E-state index in [1.54, 1.807) is 32.9 Å². The molecular formula is C31H33F2N3O7. The number of hydrogen-bond acceptors (Lipinski definition) is 8. The predicted octanol–water partition coefficient (Wildman–Crippen LogP) is 4.66. The molecule has 3 aromatic rings. The molecule has 12 heteroatoms. The second-order valence-corrected chi connectivity index (χ2v) is 9.65. The monoisotopic (exact) mass is 597 g/mol. The normalized spacial score (nSPS) is 11.3. The highest BCUT2D eigenvalue weighted by Gasteiger charge is 2.26. The zero-order valence-corrected chi connectivity index (χ0v) is 24.8. The topological polar surface area (TPSA) is 125 Å². The van der Waals surface area contributed by atoms with E-state index in [1.807, 2.05) is 0 Å². The zero-order valence-electron chi connectivity index (χ0n) is 24.8. The molecule has 0 bridgehead atoms. The van der Waals surface area contributed by atoms with Crippen molar-refractivity contribution in [3.05, 3.63) is 82.8 Å². The van der Waals surface area contributed by atoms with Crippen molar-refractivity contribution in [1.29, 1.82) is 0 Å². The van der Waals surface area contributed by atoms with Gasteiger partial charge in [0.25, 0.3) is 5.91 Å². The number of amides is 2. The lowest BCUT2D eigenvalue weighted by Gasteiger charge is -2.19. The van der Waals surface area contributed by atoms with Crippen LogP contribution >= 0.6 is 0 Å². The molecule has 0 saturated carbocycles. The third-order valence-corrected chi connectivity index (χ3v) is 6.28. The first kappa shape index (κ1) is 32.5. The van der Waals surface area contributed by atoms with E-state index < -0.39 is 41.4 Å². The van der Waals surface area contributed by atoms with Crippen LogP contribution < -0.4 is 29.6 Å². The summed E-state index contributed by atoms with van der Waals surface area (Å²) >= 11 is 0. The second kappa shape index (κ2) is 14.3. The molecule has 43 heavy (non-hydrogen) atoms. The lowest BCUT2D eigenvalue weighted by Crippen LogP contribution is -2.44. The van der Waals surface area contributed by atoms with Gasteiger partial charge in [-0.3, -0.25) is 14.4 Å². The predicted molar refractivity (Wildman–Crippen MR) is 154 cm³/mol. The minimum Gasteiger partial charge on any atom is -0.494 e. The number of nitrogens with one attached hydrogen (secondary N) is 2. The Balaban J connectivity index is 1.94. The summed E-state index contributed by atoms with van der Waals surface area (Å²) in [4.78, 5) is 42.6. The Labute approximate surface area is 248 Å². The molecular weight excluding hydrogens is 564 g/mol. The Morgan fingerprint density at radius 3 is 1.81 bits per heavy atom. The molecule has 2 amide bonds. The van der Waals surface area contributed by atoms with Crippen LogP contribution in [0, 0.1) is 17.6 Å². The van der Waals surface area contributed by atoms with Crippen molar-refractivity contribution >= 4 is 23.4 Å². The van der Waals surface area contributed by atoms with E-state index in [2.05, 4.69) is 15.6 Å². The molecule has 0 spiro atoms. The number of methoxy groups -OCH3 is 3. The SMILES string of the molecule is COc1ccc(C(=C(C)NC(=O)[C@H](C)NC(=O)c2nccc(OC)c2OC(=O)C(C)C)c2ccc(OC)c(F)c2)cc1F. The number of ether oxygens (including phenoxy) is 4. The van der Waals surface area contributed by atoms with Crippen molar-refractivity contribution in [2.45, 2.75) is 33.7 Å². The minimum absolute atomic E-state index is 0.00614. The highest BCUT2D eigenvalue weighted by Crippen LogP contribution is 2.32. The van der Waals surface area contributed by atoms with Gasteiger partial charge in [-0.1, -0.05) is 26.0 Å². The van der Waals surface area contributed by atoms with E-state index in [0.717, 1.165) is 0 Å². The van der Waals surface area contributed by atoms with Crippen molar-refractivity contribution in [2.24, 2.45) is 5.92 Å². The number of halogens is 2. The molecule has 0 unspecified atom stereocenters. The molecule has 0 saturated heterocycles. The number of carbonyl (C=O) groups is 3. The van der Waals surface area contributed by atoms with Gasteiger partial charge in [-0.05, 0) is 49.2 Å². The summed E-state index contributed by atoms with van der Waals surface area (Å²) in [5, 5.41) is 5.23. The third kappa shape index (κ3) is 7.64. The fraction of sp³-hybridized carbons (Fsp3) is 0.290. The largest absolute Gasteiger partial charge is 0.494 e. The van der Waals surface area contributed by atoms with Gasteiger partial charge < -0.3 is 29.6 Å². The Morgan fingerprint density at radius 1 is 0.814 bits per heavy atom. The van der Waals surface area contributed by atoms with Crippen LogP contribution in [0.2, 0.25) is 0 Å². The number of carbonyl (C=O) groups excluding carboxylic acids is 3. The molecule has 0 aliphatic rings. The maximum atomic E-state index is 14.7. The molecule has 228 valence electrons. The molecule has 0 aliphatic heterocycles. The van der Waals surface area contributed by atoms with E-state index in [-0.39, 0.29) is 34.4 Å². The molecule has 10 nitrogen and oxygen atoms in total. The van der Waals surface area contributed by atoms with Crippen LogP contribution in [0.5, 0.6) is 23.0 Å². The lowest BCUT2D eigenvalue weighted by atomic mass is 9.95. The van der Waals surface area contributed by atoms with Crippen LogP contribution in [0.4, 0.5) is 8.78 Å². The van der Waals surface area contributed by atoms with E-state index in [0.29, 0.717) is 16.7 Å². The molecule has 0 fully saturated rings. The summed E-state index contributed by atoms with van der Waals surface area (Å²) in [5.74, 6) is -3.94. The van der Waals surface area contributed by atoms with Crippen LogP contribution in [0.25, 0.3) is 5.57 Å². The zero-order chi connectivity index (χ0) is 31.8. The quantitative estimate of drug-likeness (QED) is 0.306. The number of esters is 1. The van der Waals surface area contributed by atoms with Gasteiger partial charge in [-0.15, -0.1) is 0 Å². The summed E-state index contributed by atoms with van der Waals surface area (Å²) in [6, 6.07) is 8.65. The van der Waals surface area contributed by atoms with Gasteiger partial charge in [0.2, 0.25) is 11.7 Å². The summed E-state index contributed by atoms with van der Waals surface area (Å²) in [6.07, 6.45) is 1.30. The van der Waals surface area contributed by atoms with Crippen molar-refractivity contribution in [3.63, 3.8) is 0 Å². The van der Waals surface area contributed by atoms with Gasteiger partial charge in [-0.2, -0.15) is 0 Å². The minimum atomic E-state index is -1.12. The van der Waals surface area contributed by atoms with Crippen molar-refractivity contribution in [3.8, 4) is 23.0 Å². The van der Waals surface area contributed by atoms with Gasteiger partial charge in [0.1, 0.15) is 6.04 Å². The van der Waals surface area contributed by atoms with Crippen LogP contribution in [-0.2, 0) is 9.59 Å². The maximum Gasteiger partial charge on any atom is 0.313 e. The van der Waals surface area contributed by atoms with E-state index >= 15 is 0 Å². The summed E-state index contributed by atoms with van der Waals surface area (Å²) in [6.45, 7) is 6.24. The van der Waals surface area contributed by atoms with Crippen molar-refractivity contribution in [1.82, 2.24) is 15.6 Å². The average molecular weight is 598 g/mol. The molecule has 1 atom stereocenters. The number of aromatic nitrogens is 1. The average Bonchev–Trinajstić information content (AvgIpc) is 2.97. The summed E-state index contributed by atoms with van der Waals surface area (Å²) < 4.78 is 49.9. The van der Waals surface area contributed by atoms with Crippen LogP contribution in [0.15, 0.2) is 54.4 Å². The molecule has 0 aliphatic carbocycles. The number of nitrogens with zero attached hydrogens (tertiary/aromatic N) is 1. The number of benzene rings is 2. The third-order valence-electron chi connectivity index (χ3n) is 6.28. The fourth-order valence-electron chi connectivity index (χ4n) is 4.00. The lowest BCUT2D eigenvalue weighted by molar-refractivity contribution is -0.137. The Kier molecular flexibility index (Phi) is 10.8. The second-order valence-electron chi connectivity index (χ2n) is 9.65. The van der Waals surface area contributed by atoms with Gasteiger partial charge in [0, 0.05) is 23.5 Å². The molecule has 2 aromatic carbocycles. The first-order valence-corrected chi connectivity index (χ1v) is 13.2. The molecule has 2 N–H and O–H groups in total. The maximum absolute atomic E-state index is 14.7. The van der Waals surface area contributed by atoms with Crippen molar-refractivity contribution < 1.29 is 42.1 Å².